The number of nitrogens with zero attached hydrogens (tertiary/aromatic N) is 2. The van der Waals surface area contributed by atoms with Crippen molar-refractivity contribution >= 4 is 57.4 Å². The van der Waals surface area contributed by atoms with Gasteiger partial charge in [-0.1, -0.05) is 0 Å². The van der Waals surface area contributed by atoms with E-state index in [0.717, 1.165) is 0 Å². The van der Waals surface area contributed by atoms with Crippen LogP contribution in [0.25, 0.3) is 0 Å². The van der Waals surface area contributed by atoms with E-state index in [-0.39, 0.29) is 57.1 Å². The number of carboxylic acid groups (broad SMARTS) is 1. The molecule has 1 heterocycles. The van der Waals surface area contributed by atoms with Crippen LogP contribution < -0.4 is 0 Å². The number of aromatic carboxylic acids is 1. The molecule has 0 aromatic carbocycles. The Labute approximate surface area is 136 Å². The Morgan fingerprint density at radius 1 is 1.38 bits per heavy atom. The SMILES string of the molecule is COC(Cc1cnc(C(=O)O)cn1)OC.[KH]. The zero-order valence-corrected chi connectivity index (χ0v) is 8.51. The normalized spacial score (nSPS) is 9.94. The first-order chi connectivity index (χ1) is 7.17. The van der Waals surface area contributed by atoms with Crippen molar-refractivity contribution in [3.05, 3.63) is 23.8 Å². The second-order valence-corrected chi connectivity index (χ2v) is 2.80. The Hall–Kier alpha value is 0.106. The van der Waals surface area contributed by atoms with E-state index in [2.05, 4.69) is 9.97 Å². The van der Waals surface area contributed by atoms with Gasteiger partial charge in [0.05, 0.1) is 11.9 Å². The van der Waals surface area contributed by atoms with E-state index < -0.39 is 12.3 Å². The van der Waals surface area contributed by atoms with Crippen LogP contribution in [0.2, 0.25) is 0 Å². The van der Waals surface area contributed by atoms with E-state index in [1.165, 1.54) is 26.6 Å². The first-order valence-corrected chi connectivity index (χ1v) is 4.27. The number of hydrogen-bond acceptors (Lipinski definition) is 5. The standard InChI is InChI=1S/C9H12N2O4.K.H/c1-14-8(15-2)3-6-4-11-7(5-10-6)9(12)13;;/h4-5,8H,3H2,1-2H3,(H,12,13);;. The van der Waals surface area contributed by atoms with E-state index in [4.69, 9.17) is 14.6 Å². The van der Waals surface area contributed by atoms with Crippen molar-refractivity contribution in [3.63, 3.8) is 0 Å². The zero-order valence-electron chi connectivity index (χ0n) is 8.51. The Kier molecular flexibility index (Phi) is 8.29. The minimum absolute atomic E-state index is 0. The first kappa shape index (κ1) is 16.1. The van der Waals surface area contributed by atoms with Crippen molar-refractivity contribution < 1.29 is 19.4 Å². The molecule has 1 rings (SSSR count). The molecule has 0 fully saturated rings. The number of methoxy groups -OCH3 is 2. The third-order valence-electron chi connectivity index (χ3n) is 1.83. The molecule has 0 atom stereocenters. The summed E-state index contributed by atoms with van der Waals surface area (Å²) < 4.78 is 9.95. The van der Waals surface area contributed by atoms with Gasteiger partial charge in [-0.3, -0.25) is 4.98 Å². The summed E-state index contributed by atoms with van der Waals surface area (Å²) in [5.74, 6) is -1.09. The molecule has 7 heteroatoms. The van der Waals surface area contributed by atoms with Gasteiger partial charge in [-0.2, -0.15) is 0 Å². The van der Waals surface area contributed by atoms with Gasteiger partial charge in [0, 0.05) is 26.8 Å². The van der Waals surface area contributed by atoms with Crippen LogP contribution in [-0.4, -0.2) is 92.9 Å². The van der Waals surface area contributed by atoms with Crippen molar-refractivity contribution in [2.75, 3.05) is 14.2 Å². The summed E-state index contributed by atoms with van der Waals surface area (Å²) in [5, 5.41) is 8.60. The molecule has 1 aromatic heterocycles. The molecule has 0 amide bonds. The molecule has 6 nitrogen and oxygen atoms in total. The number of carboxylic acids is 1. The van der Waals surface area contributed by atoms with Gasteiger partial charge in [-0.15, -0.1) is 0 Å². The fraction of sp³-hybridized carbons (Fsp3) is 0.444. The summed E-state index contributed by atoms with van der Waals surface area (Å²) in [6.45, 7) is 0. The molecule has 0 radical (unpaired) electrons. The summed E-state index contributed by atoms with van der Waals surface area (Å²) in [7, 11) is 3.04. The van der Waals surface area contributed by atoms with Gasteiger partial charge in [-0.25, -0.2) is 9.78 Å². The van der Waals surface area contributed by atoms with Gasteiger partial charge in [0.2, 0.25) is 0 Å². The zero-order chi connectivity index (χ0) is 11.3. The van der Waals surface area contributed by atoms with Gasteiger partial charge in [-0.05, 0) is 0 Å². The molecule has 0 saturated carbocycles. The predicted molar refractivity (Wildman–Crippen MR) is 57.7 cm³/mol. The van der Waals surface area contributed by atoms with Crippen molar-refractivity contribution in [3.8, 4) is 0 Å². The maximum absolute atomic E-state index is 10.5. The molecule has 1 aromatic rings. The number of aromatic nitrogens is 2. The van der Waals surface area contributed by atoms with Gasteiger partial charge < -0.3 is 14.6 Å². The third kappa shape index (κ3) is 4.96. The number of hydrogen-bond donors (Lipinski definition) is 1. The molecule has 84 valence electrons. The Morgan fingerprint density at radius 2 is 2.00 bits per heavy atom. The van der Waals surface area contributed by atoms with Crippen LogP contribution in [0.4, 0.5) is 0 Å². The van der Waals surface area contributed by atoms with E-state index in [0.29, 0.717) is 12.1 Å². The van der Waals surface area contributed by atoms with E-state index >= 15 is 0 Å². The summed E-state index contributed by atoms with van der Waals surface area (Å²) in [4.78, 5) is 18.2. The molecule has 0 aliphatic carbocycles. The number of ether oxygens (including phenoxy) is 2. The Balaban J connectivity index is 0.00000225. The maximum atomic E-state index is 10.5. The number of rotatable bonds is 5. The molecule has 0 aliphatic heterocycles. The summed E-state index contributed by atoms with van der Waals surface area (Å²) in [6.07, 6.45) is 2.64. The average molecular weight is 252 g/mol. The topological polar surface area (TPSA) is 81.5 Å². The first-order valence-electron chi connectivity index (χ1n) is 4.27. The predicted octanol–water partition coefficient (Wildman–Crippen LogP) is -0.312. The number of carbonyl (C=O) groups is 1. The molecule has 0 bridgehead atoms. The monoisotopic (exact) mass is 252 g/mol. The molecular weight excluding hydrogens is 239 g/mol. The molecule has 0 spiro atoms. The molecule has 1 N–H and O–H groups in total. The minimum atomic E-state index is -1.09. The summed E-state index contributed by atoms with van der Waals surface area (Å²) in [6, 6.07) is 0. The van der Waals surface area contributed by atoms with Crippen LogP contribution in [0, 0.1) is 0 Å². The second kappa shape index (κ2) is 8.23. The van der Waals surface area contributed by atoms with Crippen molar-refractivity contribution in [2.45, 2.75) is 12.7 Å². The summed E-state index contributed by atoms with van der Waals surface area (Å²) in [5.41, 5.74) is 0.541. The van der Waals surface area contributed by atoms with Crippen molar-refractivity contribution in [2.24, 2.45) is 0 Å². The third-order valence-corrected chi connectivity index (χ3v) is 1.83. The average Bonchev–Trinajstić information content (AvgIpc) is 2.26. The molecule has 0 saturated heterocycles. The van der Waals surface area contributed by atoms with Crippen LogP contribution in [-0.2, 0) is 15.9 Å². The van der Waals surface area contributed by atoms with Gasteiger partial charge in [0.25, 0.3) is 0 Å². The molecule has 16 heavy (non-hydrogen) atoms. The van der Waals surface area contributed by atoms with Gasteiger partial charge in [0.15, 0.2) is 12.0 Å². The fourth-order valence-corrected chi connectivity index (χ4v) is 1.00. The quantitative estimate of drug-likeness (QED) is 0.572. The van der Waals surface area contributed by atoms with Gasteiger partial charge in [0.1, 0.15) is 0 Å². The second-order valence-electron chi connectivity index (χ2n) is 2.80. The Morgan fingerprint density at radius 3 is 2.38 bits per heavy atom. The van der Waals surface area contributed by atoms with Crippen LogP contribution in [0.15, 0.2) is 12.4 Å². The van der Waals surface area contributed by atoms with E-state index in [9.17, 15) is 4.79 Å². The van der Waals surface area contributed by atoms with Crippen LogP contribution in [0.5, 0.6) is 0 Å². The van der Waals surface area contributed by atoms with Crippen molar-refractivity contribution in [1.82, 2.24) is 9.97 Å². The van der Waals surface area contributed by atoms with Crippen LogP contribution >= 0.6 is 0 Å². The van der Waals surface area contributed by atoms with E-state index in [1.807, 2.05) is 0 Å². The van der Waals surface area contributed by atoms with E-state index in [1.54, 1.807) is 0 Å². The Bertz CT molecular complexity index is 327. The van der Waals surface area contributed by atoms with Crippen molar-refractivity contribution in [1.29, 1.82) is 0 Å². The summed E-state index contributed by atoms with van der Waals surface area (Å²) >= 11 is 0. The van der Waals surface area contributed by atoms with Crippen LogP contribution in [0.1, 0.15) is 16.2 Å². The van der Waals surface area contributed by atoms with Crippen LogP contribution in [0.3, 0.4) is 0 Å². The fourth-order valence-electron chi connectivity index (χ4n) is 1.00. The molecule has 0 unspecified atom stereocenters. The molecular formula is C9H13KN2O4. The molecule has 0 aliphatic rings. The van der Waals surface area contributed by atoms with Gasteiger partial charge >= 0.3 is 57.4 Å².